The quantitative estimate of drug-likeness (QED) is 0.734. The van der Waals surface area contributed by atoms with Crippen molar-refractivity contribution in [3.05, 3.63) is 33.5 Å². The largest absolute Gasteiger partial charge is 0.391 e. The van der Waals surface area contributed by atoms with Crippen molar-refractivity contribution in [2.24, 2.45) is 0 Å². The Balaban J connectivity index is 3.39. The molecular weight excluding hydrogens is 187 g/mol. The molecule has 72 valence electrons. The average Bonchev–Trinajstić information content (AvgIpc) is 2.09. The Morgan fingerprint density at radius 3 is 2.62 bits per heavy atom. The van der Waals surface area contributed by atoms with Crippen LogP contribution in [0.25, 0.3) is 0 Å². The summed E-state index contributed by atoms with van der Waals surface area (Å²) in [5.74, 6) is -1.19. The zero-order valence-corrected chi connectivity index (χ0v) is 6.35. The van der Waals surface area contributed by atoms with Crippen LogP contribution in [0.5, 0.6) is 0 Å². The fraction of sp³-hybridized carbons (Fsp3) is 0.286. The third kappa shape index (κ3) is 1.72. The molecule has 2 N–H and O–H groups in total. The number of aliphatic hydroxyl groups is 1. The van der Waals surface area contributed by atoms with Gasteiger partial charge < -0.3 is 10.1 Å². The van der Waals surface area contributed by atoms with Crippen molar-refractivity contribution >= 4 is 0 Å². The summed E-state index contributed by atoms with van der Waals surface area (Å²) in [4.78, 5) is 12.7. The lowest BCUT2D eigenvalue weighted by molar-refractivity contribution is 0.141. The Kier molecular flexibility index (Phi) is 2.72. The smallest absolute Gasteiger partial charge is 0.278 e. The molecule has 0 bridgehead atoms. The van der Waals surface area contributed by atoms with Gasteiger partial charge in [-0.2, -0.15) is 0 Å². The summed E-state index contributed by atoms with van der Waals surface area (Å²) in [5, 5.41) is 8.55. The molecule has 0 aliphatic carbocycles. The van der Waals surface area contributed by atoms with Crippen molar-refractivity contribution in [3.63, 3.8) is 0 Å². The second-order valence-corrected chi connectivity index (χ2v) is 2.32. The van der Waals surface area contributed by atoms with E-state index in [1.54, 1.807) is 0 Å². The minimum absolute atomic E-state index is 0.545. The van der Waals surface area contributed by atoms with Gasteiger partial charge in [0, 0.05) is 6.20 Å². The van der Waals surface area contributed by atoms with Crippen LogP contribution in [-0.2, 0) is 6.61 Å². The number of nitrogens with one attached hydrogen (secondary N) is 1. The zero-order chi connectivity index (χ0) is 10.0. The molecule has 0 atom stereocenters. The van der Waals surface area contributed by atoms with Gasteiger partial charge in [-0.25, -0.2) is 13.2 Å². The molecule has 0 unspecified atom stereocenters. The van der Waals surface area contributed by atoms with Crippen LogP contribution in [0, 0.1) is 5.82 Å². The summed E-state index contributed by atoms with van der Waals surface area (Å²) in [5.41, 5.74) is -2.57. The summed E-state index contributed by atoms with van der Waals surface area (Å²) in [6, 6.07) is 0. The number of rotatable bonds is 2. The molecule has 13 heavy (non-hydrogen) atoms. The Morgan fingerprint density at radius 2 is 2.15 bits per heavy atom. The maximum Gasteiger partial charge on any atom is 0.278 e. The second-order valence-electron chi connectivity index (χ2n) is 2.32. The average molecular weight is 193 g/mol. The van der Waals surface area contributed by atoms with Crippen LogP contribution in [0.15, 0.2) is 11.0 Å². The molecule has 0 saturated heterocycles. The Bertz CT molecular complexity index is 361. The molecule has 0 aliphatic rings. The van der Waals surface area contributed by atoms with Gasteiger partial charge in [0.2, 0.25) is 5.43 Å². The van der Waals surface area contributed by atoms with Crippen LogP contribution >= 0.6 is 0 Å². The number of hydrogen-bond acceptors (Lipinski definition) is 2. The number of aromatic amines is 1. The van der Waals surface area contributed by atoms with Gasteiger partial charge in [-0.3, -0.25) is 4.79 Å². The van der Waals surface area contributed by atoms with E-state index < -0.39 is 35.5 Å². The van der Waals surface area contributed by atoms with E-state index in [2.05, 4.69) is 0 Å². The predicted octanol–water partition coefficient (Wildman–Crippen LogP) is 0.944. The first kappa shape index (κ1) is 9.79. The second kappa shape index (κ2) is 3.61. The highest BCUT2D eigenvalue weighted by molar-refractivity contribution is 5.20. The molecule has 0 aliphatic heterocycles. The van der Waals surface area contributed by atoms with Crippen LogP contribution in [0.4, 0.5) is 13.2 Å². The van der Waals surface area contributed by atoms with Gasteiger partial charge >= 0.3 is 0 Å². The van der Waals surface area contributed by atoms with Crippen molar-refractivity contribution in [3.8, 4) is 0 Å². The third-order valence-corrected chi connectivity index (χ3v) is 1.55. The van der Waals surface area contributed by atoms with Crippen LogP contribution in [0.2, 0.25) is 0 Å². The molecule has 1 aromatic heterocycles. The monoisotopic (exact) mass is 193 g/mol. The van der Waals surface area contributed by atoms with Crippen molar-refractivity contribution in [1.29, 1.82) is 0 Å². The highest BCUT2D eigenvalue weighted by Crippen LogP contribution is 2.18. The van der Waals surface area contributed by atoms with Crippen molar-refractivity contribution in [2.75, 3.05) is 0 Å². The lowest BCUT2D eigenvalue weighted by atomic mass is 10.2. The standard InChI is InChI=1S/C7H6F3NO2/c8-4-1-11-5(7(9)10)3(2-12)6(4)13/h1,7,12H,2H2,(H,11,13). The first-order valence-electron chi connectivity index (χ1n) is 3.37. The lowest BCUT2D eigenvalue weighted by Crippen LogP contribution is -2.17. The molecule has 0 aromatic carbocycles. The predicted molar refractivity (Wildman–Crippen MR) is 37.9 cm³/mol. The lowest BCUT2D eigenvalue weighted by Gasteiger charge is -2.04. The summed E-state index contributed by atoms with van der Waals surface area (Å²) >= 11 is 0. The summed E-state index contributed by atoms with van der Waals surface area (Å²) in [6.07, 6.45) is -2.39. The van der Waals surface area contributed by atoms with Crippen molar-refractivity contribution < 1.29 is 18.3 Å². The fourth-order valence-electron chi connectivity index (χ4n) is 0.912. The Morgan fingerprint density at radius 1 is 1.54 bits per heavy atom. The third-order valence-electron chi connectivity index (χ3n) is 1.55. The molecule has 1 heterocycles. The minimum atomic E-state index is -2.93. The maximum absolute atomic E-state index is 12.5. The van der Waals surface area contributed by atoms with E-state index in [1.165, 1.54) is 0 Å². The van der Waals surface area contributed by atoms with E-state index in [9.17, 15) is 18.0 Å². The number of H-pyrrole nitrogens is 1. The van der Waals surface area contributed by atoms with Crippen LogP contribution < -0.4 is 5.43 Å². The SMILES string of the molecule is O=c1c(F)c[nH]c(C(F)F)c1CO. The number of aliphatic hydroxyl groups excluding tert-OH is 1. The molecule has 6 heteroatoms. The number of halogens is 3. The van der Waals surface area contributed by atoms with Gasteiger partial charge in [-0.1, -0.05) is 0 Å². The van der Waals surface area contributed by atoms with Gasteiger partial charge in [-0.05, 0) is 0 Å². The van der Waals surface area contributed by atoms with Crippen LogP contribution in [-0.4, -0.2) is 10.1 Å². The minimum Gasteiger partial charge on any atom is -0.391 e. The summed E-state index contributed by atoms with van der Waals surface area (Å²) in [7, 11) is 0. The highest BCUT2D eigenvalue weighted by atomic mass is 19.3. The number of aromatic nitrogens is 1. The molecule has 3 nitrogen and oxygen atoms in total. The molecule has 1 aromatic rings. The van der Waals surface area contributed by atoms with E-state index in [1.807, 2.05) is 4.98 Å². The molecule has 0 fully saturated rings. The van der Waals surface area contributed by atoms with Crippen LogP contribution in [0.1, 0.15) is 17.7 Å². The molecule has 0 saturated carbocycles. The van der Waals surface area contributed by atoms with E-state index in [-0.39, 0.29) is 0 Å². The van der Waals surface area contributed by atoms with Gasteiger partial charge in [0.25, 0.3) is 6.43 Å². The van der Waals surface area contributed by atoms with Crippen LogP contribution in [0.3, 0.4) is 0 Å². The van der Waals surface area contributed by atoms with Gasteiger partial charge in [0.15, 0.2) is 5.82 Å². The Labute approximate surface area is 70.8 Å². The fourth-order valence-corrected chi connectivity index (χ4v) is 0.912. The topological polar surface area (TPSA) is 53.1 Å². The molecular formula is C7H6F3NO2. The highest BCUT2D eigenvalue weighted by Gasteiger charge is 2.17. The maximum atomic E-state index is 12.5. The zero-order valence-electron chi connectivity index (χ0n) is 6.35. The number of hydrogen-bond donors (Lipinski definition) is 2. The molecule has 1 rings (SSSR count). The Hall–Kier alpha value is -1.30. The number of alkyl halides is 2. The van der Waals surface area contributed by atoms with Crippen molar-refractivity contribution in [2.45, 2.75) is 13.0 Å². The molecule has 0 spiro atoms. The van der Waals surface area contributed by atoms with E-state index in [0.717, 1.165) is 0 Å². The van der Waals surface area contributed by atoms with E-state index in [4.69, 9.17) is 5.11 Å². The molecule has 0 radical (unpaired) electrons. The van der Waals surface area contributed by atoms with E-state index >= 15 is 0 Å². The summed E-state index contributed by atoms with van der Waals surface area (Å²) in [6.45, 7) is -0.910. The van der Waals surface area contributed by atoms with Gasteiger partial charge in [0.05, 0.1) is 17.9 Å². The normalized spacial score (nSPS) is 10.8. The van der Waals surface area contributed by atoms with Gasteiger partial charge in [-0.15, -0.1) is 0 Å². The van der Waals surface area contributed by atoms with Gasteiger partial charge in [0.1, 0.15) is 0 Å². The van der Waals surface area contributed by atoms with Crippen molar-refractivity contribution in [1.82, 2.24) is 4.98 Å². The number of pyridine rings is 1. The molecule has 0 amide bonds. The van der Waals surface area contributed by atoms with E-state index in [0.29, 0.717) is 6.20 Å². The first-order chi connectivity index (χ1) is 6.07. The summed E-state index contributed by atoms with van der Waals surface area (Å²) < 4.78 is 36.8. The first-order valence-corrected chi connectivity index (χ1v) is 3.37.